The normalized spacial score (nSPS) is 25.0. The maximum Gasteiger partial charge on any atom is 0.417 e. The minimum Gasteiger partial charge on any atom is -0.507 e. The molecule has 8 rings (SSSR count). The van der Waals surface area contributed by atoms with E-state index in [1.807, 2.05) is 0 Å². The van der Waals surface area contributed by atoms with Crippen LogP contribution in [0.15, 0.2) is 84.6 Å². The predicted octanol–water partition coefficient (Wildman–Crippen LogP) is 7.02. The number of hydrogen-bond acceptors (Lipinski definition) is 10. The number of allylic oxidation sites excluding steroid dienone is 2. The summed E-state index contributed by atoms with van der Waals surface area (Å²) in [5.41, 5.74) is 0.0123. The fourth-order valence-electron chi connectivity index (χ4n) is 9.29. The van der Waals surface area contributed by atoms with Crippen LogP contribution in [0.3, 0.4) is 0 Å². The summed E-state index contributed by atoms with van der Waals surface area (Å²) in [6.07, 6.45) is -2.81. The number of rotatable bonds is 8. The number of anilines is 2. The quantitative estimate of drug-likeness (QED) is 0.123. The number of alkyl halides is 3. The van der Waals surface area contributed by atoms with Gasteiger partial charge in [-0.15, -0.1) is 0 Å². The number of pyridine rings is 1. The van der Waals surface area contributed by atoms with Crippen molar-refractivity contribution < 1.29 is 56.8 Å². The van der Waals surface area contributed by atoms with Gasteiger partial charge >= 0.3 is 12.1 Å². The number of carbonyl (C=O) groups excluding carboxylic acids is 4. The number of nitrogens with zero attached hydrogens (tertiary/aromatic N) is 3. The average molecular weight is 852 g/mol. The van der Waals surface area contributed by atoms with E-state index in [2.05, 4.69) is 10.4 Å². The highest BCUT2D eigenvalue weighted by molar-refractivity contribution is 6.33. The standard InChI is InChI=1S/C41H31Cl2F3N4O9/c1-58-23-14-29(51)32(30(15-23)59-2)33-24-10-11-25-31(37(54)49(35(25)52)22-5-3-4-18(12-22)38(55)56)26(24)16-27-36(53)50(39(57)40(27,33)19-6-8-21(42)9-7-19)48-34-28(43)13-20(17-47-34)41(44,45)46/h3-10,12-15,17,25-27,31,33,51H,11,16H2,1-2H3,(H,47,48)(H,55,56). The van der Waals surface area contributed by atoms with E-state index in [-0.39, 0.29) is 51.7 Å². The van der Waals surface area contributed by atoms with Crippen molar-refractivity contribution >= 4 is 64.3 Å². The van der Waals surface area contributed by atoms with Gasteiger partial charge in [0.1, 0.15) is 17.2 Å². The smallest absolute Gasteiger partial charge is 0.417 e. The molecule has 4 aliphatic rings. The van der Waals surface area contributed by atoms with Crippen LogP contribution < -0.4 is 19.8 Å². The molecule has 1 aromatic heterocycles. The monoisotopic (exact) mass is 850 g/mol. The summed E-state index contributed by atoms with van der Waals surface area (Å²) in [5.74, 6) is -10.6. The first-order chi connectivity index (χ1) is 28.0. The molecule has 3 aromatic carbocycles. The van der Waals surface area contributed by atoms with Crippen LogP contribution in [0.1, 0.15) is 45.8 Å². The van der Waals surface area contributed by atoms with Crippen LogP contribution in [-0.2, 0) is 30.8 Å². The Hall–Kier alpha value is -6.13. The van der Waals surface area contributed by atoms with Gasteiger partial charge in [0.05, 0.1) is 59.2 Å². The molecular formula is C41H31Cl2F3N4O9. The highest BCUT2D eigenvalue weighted by Crippen LogP contribution is 2.66. The molecule has 3 N–H and O–H groups in total. The molecule has 18 heteroatoms. The van der Waals surface area contributed by atoms with E-state index in [1.54, 1.807) is 18.2 Å². The van der Waals surface area contributed by atoms with Gasteiger partial charge in [-0.2, -0.15) is 18.2 Å². The molecule has 0 bridgehead atoms. The van der Waals surface area contributed by atoms with Crippen molar-refractivity contribution in [2.24, 2.45) is 23.7 Å². The summed E-state index contributed by atoms with van der Waals surface area (Å²) in [6, 6.07) is 14.8. The Labute approximate surface area is 342 Å². The summed E-state index contributed by atoms with van der Waals surface area (Å²) in [7, 11) is 2.69. The number of methoxy groups -OCH3 is 2. The number of amides is 4. The van der Waals surface area contributed by atoms with Crippen LogP contribution in [0, 0.1) is 23.7 Å². The number of phenols is 1. The molecule has 0 radical (unpaired) electrons. The topological polar surface area (TPSA) is 176 Å². The number of aromatic nitrogens is 1. The van der Waals surface area contributed by atoms with E-state index in [0.717, 1.165) is 4.90 Å². The van der Waals surface area contributed by atoms with Crippen LogP contribution >= 0.6 is 23.2 Å². The van der Waals surface area contributed by atoms with Gasteiger partial charge in [-0.25, -0.2) is 9.78 Å². The summed E-state index contributed by atoms with van der Waals surface area (Å²) >= 11 is 12.6. The number of fused-ring (bicyclic) bond motifs is 4. The Balaban J connectivity index is 1.34. The lowest BCUT2D eigenvalue weighted by Gasteiger charge is -2.50. The Kier molecular flexibility index (Phi) is 9.62. The zero-order valence-electron chi connectivity index (χ0n) is 30.8. The molecule has 304 valence electrons. The summed E-state index contributed by atoms with van der Waals surface area (Å²) in [6.45, 7) is 0. The van der Waals surface area contributed by atoms with E-state index in [4.69, 9.17) is 32.7 Å². The van der Waals surface area contributed by atoms with E-state index in [0.29, 0.717) is 22.8 Å². The van der Waals surface area contributed by atoms with Crippen molar-refractivity contribution in [2.75, 3.05) is 24.5 Å². The van der Waals surface area contributed by atoms with Crippen molar-refractivity contribution in [1.82, 2.24) is 9.99 Å². The molecule has 2 saturated heterocycles. The molecule has 6 atom stereocenters. The van der Waals surface area contributed by atoms with Crippen molar-refractivity contribution in [2.45, 2.75) is 30.4 Å². The Morgan fingerprint density at radius 3 is 2.32 bits per heavy atom. The van der Waals surface area contributed by atoms with Crippen LogP contribution in [0.25, 0.3) is 0 Å². The zero-order valence-corrected chi connectivity index (χ0v) is 32.3. The van der Waals surface area contributed by atoms with E-state index < -0.39 is 92.9 Å². The minimum absolute atomic E-state index is 0.0114. The number of carboxylic acids is 1. The average Bonchev–Trinajstić information content (AvgIpc) is 3.58. The number of benzene rings is 3. The molecule has 6 unspecified atom stereocenters. The Bertz CT molecular complexity index is 2520. The fourth-order valence-corrected chi connectivity index (χ4v) is 9.63. The summed E-state index contributed by atoms with van der Waals surface area (Å²) in [4.78, 5) is 75.7. The third-order valence-corrected chi connectivity index (χ3v) is 12.3. The van der Waals surface area contributed by atoms with Gasteiger partial charge in [0, 0.05) is 34.8 Å². The van der Waals surface area contributed by atoms with E-state index in [1.165, 1.54) is 62.8 Å². The number of carboxylic acid groups (broad SMARTS) is 1. The molecule has 2 aliphatic heterocycles. The number of hydrogen-bond donors (Lipinski definition) is 3. The number of aromatic carboxylic acids is 1. The molecule has 13 nitrogen and oxygen atoms in total. The number of imide groups is 2. The van der Waals surface area contributed by atoms with Crippen LogP contribution in [0.2, 0.25) is 10.0 Å². The number of nitrogens with one attached hydrogen (secondary N) is 1. The third kappa shape index (κ3) is 6.06. The molecule has 4 amide bonds. The molecule has 4 aromatic rings. The highest BCUT2D eigenvalue weighted by Gasteiger charge is 2.71. The number of phenolic OH excluding ortho intramolecular Hbond substituents is 1. The van der Waals surface area contributed by atoms with Crippen LogP contribution in [-0.4, -0.2) is 64.0 Å². The van der Waals surface area contributed by atoms with Crippen molar-refractivity contribution in [3.63, 3.8) is 0 Å². The zero-order chi connectivity index (χ0) is 42.3. The first-order valence-corrected chi connectivity index (χ1v) is 18.8. The maximum absolute atomic E-state index is 15.5. The highest BCUT2D eigenvalue weighted by atomic mass is 35.5. The Morgan fingerprint density at radius 2 is 1.68 bits per heavy atom. The van der Waals surface area contributed by atoms with Gasteiger partial charge in [0.15, 0.2) is 5.82 Å². The maximum atomic E-state index is 15.5. The van der Waals surface area contributed by atoms with E-state index in [9.17, 15) is 42.6 Å². The van der Waals surface area contributed by atoms with Gasteiger partial charge in [-0.3, -0.25) is 29.5 Å². The third-order valence-electron chi connectivity index (χ3n) is 11.7. The Morgan fingerprint density at radius 1 is 0.949 bits per heavy atom. The van der Waals surface area contributed by atoms with Gasteiger partial charge in [0.25, 0.3) is 11.8 Å². The first kappa shape index (κ1) is 39.7. The number of hydrazine groups is 1. The van der Waals surface area contributed by atoms with Crippen LogP contribution in [0.4, 0.5) is 24.7 Å². The largest absolute Gasteiger partial charge is 0.507 e. The lowest BCUT2D eigenvalue weighted by Crippen LogP contribution is -2.53. The number of aromatic hydroxyl groups is 1. The van der Waals surface area contributed by atoms with Crippen molar-refractivity contribution in [1.29, 1.82) is 0 Å². The van der Waals surface area contributed by atoms with Crippen molar-refractivity contribution in [3.8, 4) is 17.2 Å². The predicted molar refractivity (Wildman–Crippen MR) is 204 cm³/mol. The van der Waals surface area contributed by atoms with Gasteiger partial charge in [-0.05, 0) is 60.7 Å². The van der Waals surface area contributed by atoms with Gasteiger partial charge in [0.2, 0.25) is 11.8 Å². The lowest BCUT2D eigenvalue weighted by molar-refractivity contribution is -0.139. The second-order valence-corrected chi connectivity index (χ2v) is 15.4. The van der Waals surface area contributed by atoms with Gasteiger partial charge in [-0.1, -0.05) is 53.1 Å². The molecule has 1 saturated carbocycles. The number of carbonyl (C=O) groups is 5. The van der Waals surface area contributed by atoms with E-state index >= 15 is 4.79 Å². The molecule has 59 heavy (non-hydrogen) atoms. The van der Waals surface area contributed by atoms with Crippen molar-refractivity contribution in [3.05, 3.63) is 117 Å². The molecule has 3 fully saturated rings. The second kappa shape index (κ2) is 14.3. The number of ether oxygens (including phenoxy) is 2. The summed E-state index contributed by atoms with van der Waals surface area (Å²) in [5, 5.41) is 21.9. The van der Waals surface area contributed by atoms with Gasteiger partial charge < -0.3 is 19.7 Å². The van der Waals surface area contributed by atoms with Crippen LogP contribution in [0.5, 0.6) is 17.2 Å². The SMILES string of the molecule is COc1cc(O)c(C2C3=CCC4C(=O)N(c5cccc(C(=O)O)c5)C(=O)C4C3CC3C(=O)N(Nc4ncc(C(F)(F)F)cc4Cl)C(=O)C32c2ccc(Cl)cc2)c(OC)c1. The lowest BCUT2D eigenvalue weighted by atomic mass is 9.49. The molecular weight excluding hydrogens is 820 g/mol. The minimum atomic E-state index is -4.80. The first-order valence-electron chi connectivity index (χ1n) is 18.0. The second-order valence-electron chi connectivity index (χ2n) is 14.5. The molecule has 3 heterocycles. The fraction of sp³-hybridized carbons (Fsp3) is 0.268. The summed E-state index contributed by atoms with van der Waals surface area (Å²) < 4.78 is 51.8. The number of halogens is 5. The molecule has 2 aliphatic carbocycles. The molecule has 0 spiro atoms.